The molecule has 0 aliphatic carbocycles. The van der Waals surface area contributed by atoms with Crippen molar-refractivity contribution in [3.63, 3.8) is 0 Å². The van der Waals surface area contributed by atoms with Gasteiger partial charge in [-0.1, -0.05) is 23.7 Å². The largest absolute Gasteiger partial charge is 0.385 e. The van der Waals surface area contributed by atoms with Gasteiger partial charge in [0.25, 0.3) is 0 Å². The monoisotopic (exact) mass is 325 g/mol. The van der Waals surface area contributed by atoms with Gasteiger partial charge in [-0.3, -0.25) is 4.90 Å². The van der Waals surface area contributed by atoms with Crippen LogP contribution in [0.15, 0.2) is 24.3 Å². The van der Waals surface area contributed by atoms with Gasteiger partial charge in [0.1, 0.15) is 0 Å². The molecule has 0 saturated carbocycles. The zero-order valence-corrected chi connectivity index (χ0v) is 13.8. The van der Waals surface area contributed by atoms with E-state index in [0.29, 0.717) is 11.6 Å². The molecule has 0 unspecified atom stereocenters. The molecule has 1 aromatic rings. The molecule has 5 nitrogen and oxygen atoms in total. The number of halogens is 1. The highest BCUT2D eigenvalue weighted by Gasteiger charge is 2.20. The minimum absolute atomic E-state index is 0.00601. The first kappa shape index (κ1) is 17.1. The number of methoxy groups -OCH3 is 1. The summed E-state index contributed by atoms with van der Waals surface area (Å²) < 4.78 is 5.06. The number of hydrogen-bond acceptors (Lipinski definition) is 3. The predicted molar refractivity (Wildman–Crippen MR) is 88.2 cm³/mol. The third-order valence-electron chi connectivity index (χ3n) is 3.84. The molecule has 1 aliphatic rings. The van der Waals surface area contributed by atoms with Crippen LogP contribution < -0.4 is 5.32 Å². The highest BCUT2D eigenvalue weighted by molar-refractivity contribution is 6.30. The van der Waals surface area contributed by atoms with E-state index in [2.05, 4.69) is 10.2 Å². The lowest BCUT2D eigenvalue weighted by Crippen LogP contribution is -2.51. The van der Waals surface area contributed by atoms with Crippen LogP contribution in [0.4, 0.5) is 4.79 Å². The maximum absolute atomic E-state index is 12.2. The Morgan fingerprint density at radius 2 is 1.91 bits per heavy atom. The van der Waals surface area contributed by atoms with Crippen LogP contribution in [0.5, 0.6) is 0 Å². The van der Waals surface area contributed by atoms with Crippen LogP contribution in [0, 0.1) is 0 Å². The van der Waals surface area contributed by atoms with Crippen molar-refractivity contribution in [2.24, 2.45) is 0 Å². The first-order chi connectivity index (χ1) is 10.7. The zero-order chi connectivity index (χ0) is 15.8. The highest BCUT2D eigenvalue weighted by Crippen LogP contribution is 2.09. The molecule has 1 aromatic carbocycles. The van der Waals surface area contributed by atoms with Gasteiger partial charge in [-0.25, -0.2) is 4.79 Å². The Kier molecular flexibility index (Phi) is 6.96. The van der Waals surface area contributed by atoms with Crippen molar-refractivity contribution >= 4 is 17.6 Å². The fourth-order valence-corrected chi connectivity index (χ4v) is 2.62. The smallest absolute Gasteiger partial charge is 0.317 e. The molecule has 22 heavy (non-hydrogen) atoms. The lowest BCUT2D eigenvalue weighted by atomic mass is 10.2. The molecule has 0 atom stereocenters. The van der Waals surface area contributed by atoms with Gasteiger partial charge in [0.05, 0.1) is 0 Å². The summed E-state index contributed by atoms with van der Waals surface area (Å²) in [6.45, 7) is 5.77. The third-order valence-corrected chi connectivity index (χ3v) is 4.09. The fourth-order valence-electron chi connectivity index (χ4n) is 2.50. The fraction of sp³-hybridized carbons (Fsp3) is 0.562. The Morgan fingerprint density at radius 1 is 1.23 bits per heavy atom. The summed E-state index contributed by atoms with van der Waals surface area (Å²) in [4.78, 5) is 16.4. The van der Waals surface area contributed by atoms with E-state index >= 15 is 0 Å². The Balaban J connectivity index is 1.67. The van der Waals surface area contributed by atoms with Crippen LogP contribution in [0.25, 0.3) is 0 Å². The molecular weight excluding hydrogens is 302 g/mol. The van der Waals surface area contributed by atoms with Gasteiger partial charge in [0.15, 0.2) is 0 Å². The average molecular weight is 326 g/mol. The summed E-state index contributed by atoms with van der Waals surface area (Å²) in [5, 5.41) is 3.67. The Morgan fingerprint density at radius 3 is 2.55 bits per heavy atom. The van der Waals surface area contributed by atoms with Gasteiger partial charge < -0.3 is 15.0 Å². The van der Waals surface area contributed by atoms with E-state index in [1.165, 1.54) is 0 Å². The molecule has 1 aliphatic heterocycles. The summed E-state index contributed by atoms with van der Waals surface area (Å²) in [5.41, 5.74) is 1.05. The number of rotatable bonds is 6. The number of nitrogens with zero attached hydrogens (tertiary/aromatic N) is 2. The first-order valence-electron chi connectivity index (χ1n) is 7.67. The Hall–Kier alpha value is -1.30. The lowest BCUT2D eigenvalue weighted by molar-refractivity contribution is 0.125. The zero-order valence-electron chi connectivity index (χ0n) is 13.1. The maximum Gasteiger partial charge on any atom is 0.317 e. The van der Waals surface area contributed by atoms with E-state index in [1.54, 1.807) is 7.11 Å². The van der Waals surface area contributed by atoms with Crippen LogP contribution in [-0.2, 0) is 11.3 Å². The molecule has 1 saturated heterocycles. The first-order valence-corrected chi connectivity index (χ1v) is 8.05. The molecule has 1 N–H and O–H groups in total. The van der Waals surface area contributed by atoms with Crippen LogP contribution in [0.1, 0.15) is 12.0 Å². The quantitative estimate of drug-likeness (QED) is 0.816. The number of ether oxygens (including phenoxy) is 1. The molecule has 0 radical (unpaired) electrons. The van der Waals surface area contributed by atoms with Gasteiger partial charge >= 0.3 is 6.03 Å². The summed E-state index contributed by atoms with van der Waals surface area (Å²) in [5.74, 6) is 0. The van der Waals surface area contributed by atoms with Crippen molar-refractivity contribution in [1.29, 1.82) is 0 Å². The van der Waals surface area contributed by atoms with Crippen LogP contribution in [0.3, 0.4) is 0 Å². The molecule has 1 fully saturated rings. The topological polar surface area (TPSA) is 44.8 Å². The second kappa shape index (κ2) is 8.98. The second-order valence-corrected chi connectivity index (χ2v) is 5.90. The van der Waals surface area contributed by atoms with Crippen molar-refractivity contribution in [2.75, 3.05) is 46.4 Å². The number of carbonyl (C=O) groups excluding carboxylic acids is 1. The van der Waals surface area contributed by atoms with Crippen molar-refractivity contribution in [3.8, 4) is 0 Å². The van der Waals surface area contributed by atoms with Crippen molar-refractivity contribution in [1.82, 2.24) is 15.1 Å². The summed E-state index contributed by atoms with van der Waals surface area (Å²) in [7, 11) is 1.73. The molecule has 1 heterocycles. The number of hydrogen-bond donors (Lipinski definition) is 1. The van der Waals surface area contributed by atoms with E-state index < -0.39 is 0 Å². The molecule has 122 valence electrons. The second-order valence-electron chi connectivity index (χ2n) is 5.46. The van der Waals surface area contributed by atoms with Gasteiger partial charge in [-0.05, 0) is 24.1 Å². The summed E-state index contributed by atoms with van der Waals surface area (Å²) in [6, 6.07) is 7.53. The SMILES string of the molecule is COCCCN1CCN(C(=O)NCc2ccc(Cl)cc2)CC1. The van der Waals surface area contributed by atoms with E-state index in [9.17, 15) is 4.79 Å². The molecule has 0 bridgehead atoms. The molecule has 0 aromatic heterocycles. The van der Waals surface area contributed by atoms with Gasteiger partial charge in [0, 0.05) is 58.0 Å². The van der Waals surface area contributed by atoms with Crippen LogP contribution in [-0.4, -0.2) is 62.3 Å². The molecule has 2 rings (SSSR count). The molecule has 2 amide bonds. The number of carbonyl (C=O) groups is 1. The van der Waals surface area contributed by atoms with E-state index in [-0.39, 0.29) is 6.03 Å². The van der Waals surface area contributed by atoms with E-state index in [0.717, 1.165) is 51.3 Å². The Bertz CT molecular complexity index is 459. The van der Waals surface area contributed by atoms with E-state index in [4.69, 9.17) is 16.3 Å². The predicted octanol–water partition coefficient (Wildman–Crippen LogP) is 2.20. The number of urea groups is 1. The molecular formula is C16H24ClN3O2. The number of benzene rings is 1. The van der Waals surface area contributed by atoms with Crippen molar-refractivity contribution < 1.29 is 9.53 Å². The van der Waals surface area contributed by atoms with Crippen LogP contribution >= 0.6 is 11.6 Å². The van der Waals surface area contributed by atoms with E-state index in [1.807, 2.05) is 29.2 Å². The average Bonchev–Trinajstić information content (AvgIpc) is 2.55. The van der Waals surface area contributed by atoms with Gasteiger partial charge in [-0.2, -0.15) is 0 Å². The van der Waals surface area contributed by atoms with Crippen LogP contribution in [0.2, 0.25) is 5.02 Å². The maximum atomic E-state index is 12.2. The highest BCUT2D eigenvalue weighted by atomic mass is 35.5. The minimum atomic E-state index is 0.00601. The van der Waals surface area contributed by atoms with Crippen molar-refractivity contribution in [2.45, 2.75) is 13.0 Å². The Labute approximate surface area is 137 Å². The van der Waals surface area contributed by atoms with Gasteiger partial charge in [0.2, 0.25) is 0 Å². The summed E-state index contributed by atoms with van der Waals surface area (Å²) >= 11 is 5.85. The minimum Gasteiger partial charge on any atom is -0.385 e. The number of nitrogens with one attached hydrogen (secondary N) is 1. The van der Waals surface area contributed by atoms with Gasteiger partial charge in [-0.15, -0.1) is 0 Å². The lowest BCUT2D eigenvalue weighted by Gasteiger charge is -2.34. The number of piperazine rings is 1. The van der Waals surface area contributed by atoms with Crippen molar-refractivity contribution in [3.05, 3.63) is 34.9 Å². The summed E-state index contributed by atoms with van der Waals surface area (Å²) in [6.07, 6.45) is 1.04. The normalized spacial score (nSPS) is 15.8. The number of amides is 2. The standard InChI is InChI=1S/C16H24ClN3O2/c1-22-12-2-7-19-8-10-20(11-9-19)16(21)18-13-14-3-5-15(17)6-4-14/h3-6H,2,7-13H2,1H3,(H,18,21). The molecule has 6 heteroatoms. The third kappa shape index (κ3) is 5.48. The molecule has 0 spiro atoms.